The Morgan fingerprint density at radius 1 is 1.47 bits per heavy atom. The van der Waals surface area contributed by atoms with E-state index in [-0.39, 0.29) is 16.7 Å². The van der Waals surface area contributed by atoms with Crippen molar-refractivity contribution in [2.24, 2.45) is 0 Å². The number of anilines is 1. The van der Waals surface area contributed by atoms with Crippen molar-refractivity contribution < 1.29 is 9.66 Å². The largest absolute Gasteiger partial charge is 0.376 e. The van der Waals surface area contributed by atoms with Crippen LogP contribution in [0, 0.1) is 10.1 Å². The molecule has 0 aliphatic heterocycles. The lowest BCUT2D eigenvalue weighted by Crippen LogP contribution is -2.16. The predicted molar refractivity (Wildman–Crippen MR) is 72.6 cm³/mol. The molecule has 1 heterocycles. The molecular weight excluding hydrogens is 270 g/mol. The summed E-state index contributed by atoms with van der Waals surface area (Å²) in [6, 6.07) is 2.75. The third-order valence-electron chi connectivity index (χ3n) is 3.09. The topological polar surface area (TPSA) is 77.3 Å². The number of nitro groups is 1. The lowest BCUT2D eigenvalue weighted by atomic mass is 10.3. The molecule has 0 bridgehead atoms. The zero-order valence-electron chi connectivity index (χ0n) is 10.5. The first kappa shape index (κ1) is 14.0. The quantitative estimate of drug-likeness (QED) is 0.376. The van der Waals surface area contributed by atoms with E-state index in [1.165, 1.54) is 25.0 Å². The van der Waals surface area contributed by atoms with Gasteiger partial charge in [0.1, 0.15) is 5.15 Å². The summed E-state index contributed by atoms with van der Waals surface area (Å²) in [7, 11) is 0. The molecule has 0 radical (unpaired) electrons. The molecule has 104 valence electrons. The first-order valence-corrected chi connectivity index (χ1v) is 6.71. The van der Waals surface area contributed by atoms with Gasteiger partial charge in [0.25, 0.3) is 0 Å². The van der Waals surface area contributed by atoms with E-state index < -0.39 is 4.92 Å². The number of rotatable bonds is 6. The van der Waals surface area contributed by atoms with E-state index >= 15 is 0 Å². The van der Waals surface area contributed by atoms with E-state index in [2.05, 4.69) is 10.3 Å². The van der Waals surface area contributed by atoms with Gasteiger partial charge in [-0.25, -0.2) is 4.98 Å². The van der Waals surface area contributed by atoms with E-state index in [0.717, 1.165) is 12.8 Å². The van der Waals surface area contributed by atoms with Crippen LogP contribution in [0.25, 0.3) is 0 Å². The summed E-state index contributed by atoms with van der Waals surface area (Å²) in [6.07, 6.45) is 4.99. The smallest absolute Gasteiger partial charge is 0.311 e. The fourth-order valence-corrected chi connectivity index (χ4v) is 2.30. The Balaban J connectivity index is 1.84. The third-order valence-corrected chi connectivity index (χ3v) is 3.30. The van der Waals surface area contributed by atoms with Crippen molar-refractivity contribution in [3.05, 3.63) is 27.4 Å². The second-order valence-corrected chi connectivity index (χ2v) is 4.85. The first-order valence-electron chi connectivity index (χ1n) is 6.33. The van der Waals surface area contributed by atoms with Gasteiger partial charge < -0.3 is 10.1 Å². The lowest BCUT2D eigenvalue weighted by molar-refractivity contribution is -0.384. The van der Waals surface area contributed by atoms with Gasteiger partial charge in [0.2, 0.25) is 5.82 Å². The molecule has 0 unspecified atom stereocenters. The normalized spacial score (nSPS) is 15.6. The van der Waals surface area contributed by atoms with Crippen molar-refractivity contribution in [3.8, 4) is 0 Å². The molecule has 0 saturated heterocycles. The van der Waals surface area contributed by atoms with Crippen molar-refractivity contribution in [1.82, 2.24) is 4.98 Å². The maximum atomic E-state index is 10.8. The third kappa shape index (κ3) is 4.04. The summed E-state index contributed by atoms with van der Waals surface area (Å²) in [5, 5.41) is 13.9. The van der Waals surface area contributed by atoms with E-state index in [0.29, 0.717) is 19.3 Å². The van der Waals surface area contributed by atoms with Gasteiger partial charge in [-0.1, -0.05) is 24.4 Å². The molecule has 0 aromatic carbocycles. The van der Waals surface area contributed by atoms with Crippen LogP contribution < -0.4 is 5.32 Å². The highest BCUT2D eigenvalue weighted by Gasteiger charge is 2.17. The van der Waals surface area contributed by atoms with Gasteiger partial charge in [-0.3, -0.25) is 10.1 Å². The van der Waals surface area contributed by atoms with Gasteiger partial charge in [-0.2, -0.15) is 0 Å². The number of hydrogen-bond acceptors (Lipinski definition) is 5. The number of hydrogen-bond donors (Lipinski definition) is 1. The number of halogens is 1. The van der Waals surface area contributed by atoms with E-state index in [9.17, 15) is 10.1 Å². The molecule has 7 heteroatoms. The molecule has 1 aromatic rings. The maximum Gasteiger partial charge on any atom is 0.311 e. The fraction of sp³-hybridized carbons (Fsp3) is 0.583. The van der Waals surface area contributed by atoms with E-state index in [1.54, 1.807) is 0 Å². The van der Waals surface area contributed by atoms with Gasteiger partial charge in [0, 0.05) is 12.6 Å². The molecule has 1 aliphatic rings. The molecule has 1 aliphatic carbocycles. The molecule has 1 saturated carbocycles. The van der Waals surface area contributed by atoms with Crippen LogP contribution in [-0.4, -0.2) is 29.2 Å². The van der Waals surface area contributed by atoms with E-state index in [1.807, 2.05) is 0 Å². The second kappa shape index (κ2) is 6.68. The lowest BCUT2D eigenvalue weighted by Gasteiger charge is -2.11. The van der Waals surface area contributed by atoms with Crippen LogP contribution >= 0.6 is 11.6 Å². The highest BCUT2D eigenvalue weighted by atomic mass is 35.5. The number of pyridine rings is 1. The van der Waals surface area contributed by atoms with Gasteiger partial charge in [0.15, 0.2) is 0 Å². The molecule has 6 nitrogen and oxygen atoms in total. The zero-order valence-corrected chi connectivity index (χ0v) is 11.2. The predicted octanol–water partition coefficient (Wildman–Crippen LogP) is 3.01. The molecule has 1 N–H and O–H groups in total. The van der Waals surface area contributed by atoms with Crippen molar-refractivity contribution in [2.45, 2.75) is 31.8 Å². The standard InChI is InChI=1S/C12H16ClN3O3/c13-11-6-5-10(16(17)18)12(15-11)14-7-8-19-9-3-1-2-4-9/h5-6,9H,1-4,7-8H2,(H,14,15). The molecule has 19 heavy (non-hydrogen) atoms. The van der Waals surface area contributed by atoms with Crippen LogP contribution in [0.1, 0.15) is 25.7 Å². The van der Waals surface area contributed by atoms with Crippen LogP contribution in [0.4, 0.5) is 11.5 Å². The Bertz CT molecular complexity index is 450. The Labute approximate surface area is 116 Å². The average molecular weight is 286 g/mol. The van der Waals surface area contributed by atoms with Crippen LogP contribution in [-0.2, 0) is 4.74 Å². The van der Waals surface area contributed by atoms with Crippen molar-refractivity contribution >= 4 is 23.1 Å². The van der Waals surface area contributed by atoms with Gasteiger partial charge >= 0.3 is 5.69 Å². The number of nitrogens with one attached hydrogen (secondary N) is 1. The van der Waals surface area contributed by atoms with Gasteiger partial charge in [-0.15, -0.1) is 0 Å². The zero-order chi connectivity index (χ0) is 13.7. The molecule has 2 rings (SSSR count). The Morgan fingerprint density at radius 3 is 2.89 bits per heavy atom. The molecule has 0 spiro atoms. The Morgan fingerprint density at radius 2 is 2.21 bits per heavy atom. The van der Waals surface area contributed by atoms with Crippen molar-refractivity contribution in [3.63, 3.8) is 0 Å². The minimum Gasteiger partial charge on any atom is -0.376 e. The average Bonchev–Trinajstić information content (AvgIpc) is 2.87. The molecule has 0 atom stereocenters. The summed E-state index contributed by atoms with van der Waals surface area (Å²) >= 11 is 5.73. The Kier molecular flexibility index (Phi) is 4.93. The van der Waals surface area contributed by atoms with Crippen LogP contribution in [0.15, 0.2) is 12.1 Å². The molecule has 1 fully saturated rings. The Hall–Kier alpha value is -1.40. The number of aromatic nitrogens is 1. The van der Waals surface area contributed by atoms with Gasteiger partial charge in [0.05, 0.1) is 17.6 Å². The fourth-order valence-electron chi connectivity index (χ4n) is 2.16. The summed E-state index contributed by atoms with van der Waals surface area (Å²) < 4.78 is 5.66. The minimum absolute atomic E-state index is 0.0785. The number of ether oxygens (including phenoxy) is 1. The van der Waals surface area contributed by atoms with E-state index in [4.69, 9.17) is 16.3 Å². The molecular formula is C12H16ClN3O3. The molecule has 1 aromatic heterocycles. The SMILES string of the molecule is O=[N+]([O-])c1ccc(Cl)nc1NCCOC1CCCC1. The summed E-state index contributed by atoms with van der Waals surface area (Å²) in [4.78, 5) is 14.3. The summed E-state index contributed by atoms with van der Waals surface area (Å²) in [5.74, 6) is 0.188. The van der Waals surface area contributed by atoms with Crippen molar-refractivity contribution in [2.75, 3.05) is 18.5 Å². The molecule has 0 amide bonds. The monoisotopic (exact) mass is 285 g/mol. The van der Waals surface area contributed by atoms with Crippen LogP contribution in [0.2, 0.25) is 5.15 Å². The maximum absolute atomic E-state index is 10.8. The minimum atomic E-state index is -0.483. The van der Waals surface area contributed by atoms with Crippen LogP contribution in [0.3, 0.4) is 0 Å². The van der Waals surface area contributed by atoms with Gasteiger partial charge in [-0.05, 0) is 18.9 Å². The first-order chi connectivity index (χ1) is 9.16. The highest BCUT2D eigenvalue weighted by molar-refractivity contribution is 6.29. The number of nitrogens with zero attached hydrogens (tertiary/aromatic N) is 2. The van der Waals surface area contributed by atoms with Crippen molar-refractivity contribution in [1.29, 1.82) is 0 Å². The summed E-state index contributed by atoms with van der Waals surface area (Å²) in [6.45, 7) is 0.987. The summed E-state index contributed by atoms with van der Waals surface area (Å²) in [5.41, 5.74) is -0.0785. The van der Waals surface area contributed by atoms with Crippen LogP contribution in [0.5, 0.6) is 0 Å². The highest BCUT2D eigenvalue weighted by Crippen LogP contribution is 2.24. The second-order valence-electron chi connectivity index (χ2n) is 4.46.